The lowest BCUT2D eigenvalue weighted by atomic mass is 9.99. The average molecular weight is 414 g/mol. The summed E-state index contributed by atoms with van der Waals surface area (Å²) >= 11 is 0. The highest BCUT2D eigenvalue weighted by Crippen LogP contribution is 2.22. The minimum Gasteiger partial charge on any atom is -0.359 e. The molecule has 0 atom stereocenters. The fourth-order valence-corrected chi connectivity index (χ4v) is 4.57. The first-order chi connectivity index (χ1) is 13.4. The van der Waals surface area contributed by atoms with Crippen LogP contribution in [0.3, 0.4) is 0 Å². The van der Waals surface area contributed by atoms with Crippen molar-refractivity contribution in [1.29, 1.82) is 0 Å². The predicted octanol–water partition coefficient (Wildman–Crippen LogP) is 2.45. The first-order valence-electron chi connectivity index (χ1n) is 10.4. The van der Waals surface area contributed by atoms with Gasteiger partial charge in [-0.1, -0.05) is 19.0 Å². The summed E-state index contributed by atoms with van der Waals surface area (Å²) in [6, 6.07) is 2.20. The molecule has 1 saturated heterocycles. The number of sulfonamides is 1. The molecule has 2 rings (SSSR count). The van der Waals surface area contributed by atoms with Gasteiger partial charge in [-0.15, -0.1) is 0 Å². The van der Waals surface area contributed by atoms with Gasteiger partial charge in [-0.2, -0.15) is 0 Å². The van der Waals surface area contributed by atoms with E-state index in [4.69, 9.17) is 4.52 Å². The molecule has 8 nitrogen and oxygen atoms in total. The molecule has 0 saturated carbocycles. The quantitative estimate of drug-likeness (QED) is 0.476. The lowest BCUT2D eigenvalue weighted by molar-refractivity contribution is 0.306. The molecule has 1 aliphatic heterocycles. The van der Waals surface area contributed by atoms with E-state index in [2.05, 4.69) is 34.6 Å². The Morgan fingerprint density at radius 3 is 2.54 bits per heavy atom. The molecule has 160 valence electrons. The molecule has 1 aromatic heterocycles. The standard InChI is InChI=1S/C19H35N5O3S/c1-5-15(6-2)18-13-17(27-23-18)14-21-19(20-7-3)22-16-9-11-24(12-10-16)28(25,26)8-4/h13,15-16H,5-12,14H2,1-4H3,(H2,20,21,22). The second-order valence-corrected chi connectivity index (χ2v) is 9.40. The van der Waals surface area contributed by atoms with Crippen molar-refractivity contribution in [1.82, 2.24) is 20.1 Å². The van der Waals surface area contributed by atoms with Crippen molar-refractivity contribution in [2.45, 2.75) is 71.9 Å². The maximum Gasteiger partial charge on any atom is 0.213 e. The Morgan fingerprint density at radius 1 is 1.29 bits per heavy atom. The Hall–Kier alpha value is -1.61. The monoisotopic (exact) mass is 413 g/mol. The summed E-state index contributed by atoms with van der Waals surface area (Å²) in [4.78, 5) is 4.61. The van der Waals surface area contributed by atoms with E-state index in [-0.39, 0.29) is 11.8 Å². The first kappa shape index (κ1) is 22.7. The van der Waals surface area contributed by atoms with Gasteiger partial charge in [0.2, 0.25) is 10.0 Å². The number of nitrogens with one attached hydrogen (secondary N) is 2. The molecular weight excluding hydrogens is 378 g/mol. The number of piperidine rings is 1. The van der Waals surface area contributed by atoms with Gasteiger partial charge in [0.1, 0.15) is 6.54 Å². The Bertz CT molecular complexity index is 720. The topological polar surface area (TPSA) is 99.8 Å². The summed E-state index contributed by atoms with van der Waals surface area (Å²) in [5, 5.41) is 10.9. The SMILES string of the molecule is CCNC(=NCc1cc(C(CC)CC)no1)NC1CCN(S(=O)(=O)CC)CC1. The van der Waals surface area contributed by atoms with E-state index in [9.17, 15) is 8.42 Å². The van der Waals surface area contributed by atoms with E-state index in [1.807, 2.05) is 13.0 Å². The number of rotatable bonds is 9. The fraction of sp³-hybridized carbons (Fsp3) is 0.789. The lowest BCUT2D eigenvalue weighted by Crippen LogP contribution is -2.50. The number of aromatic nitrogens is 1. The van der Waals surface area contributed by atoms with Crippen LogP contribution in [0.1, 0.15) is 70.8 Å². The fourth-order valence-electron chi connectivity index (χ4n) is 3.43. The van der Waals surface area contributed by atoms with Crippen LogP contribution in [0.5, 0.6) is 0 Å². The predicted molar refractivity (Wildman–Crippen MR) is 112 cm³/mol. The summed E-state index contributed by atoms with van der Waals surface area (Å²) in [5.41, 5.74) is 0.998. The van der Waals surface area contributed by atoms with Gasteiger partial charge in [0, 0.05) is 37.7 Å². The summed E-state index contributed by atoms with van der Waals surface area (Å²) < 4.78 is 31.0. The van der Waals surface area contributed by atoms with Crippen LogP contribution in [-0.2, 0) is 16.6 Å². The van der Waals surface area contributed by atoms with Gasteiger partial charge >= 0.3 is 0 Å². The molecular formula is C19H35N5O3S. The summed E-state index contributed by atoms with van der Waals surface area (Å²) in [7, 11) is -3.10. The van der Waals surface area contributed by atoms with E-state index in [1.54, 1.807) is 11.2 Å². The second-order valence-electron chi connectivity index (χ2n) is 7.14. The van der Waals surface area contributed by atoms with Crippen molar-refractivity contribution >= 4 is 16.0 Å². The average Bonchev–Trinajstić information content (AvgIpc) is 3.16. The number of hydrogen-bond donors (Lipinski definition) is 2. The minimum absolute atomic E-state index is 0.158. The summed E-state index contributed by atoms with van der Waals surface area (Å²) in [6.45, 7) is 10.3. The molecule has 0 aliphatic carbocycles. The van der Waals surface area contributed by atoms with Crippen molar-refractivity contribution < 1.29 is 12.9 Å². The van der Waals surface area contributed by atoms with Crippen LogP contribution in [0.25, 0.3) is 0 Å². The Kier molecular flexibility index (Phi) is 8.75. The van der Waals surface area contributed by atoms with Gasteiger partial charge in [-0.25, -0.2) is 17.7 Å². The molecule has 0 amide bonds. The number of hydrogen-bond acceptors (Lipinski definition) is 5. The molecule has 0 aromatic carbocycles. The largest absolute Gasteiger partial charge is 0.359 e. The zero-order valence-electron chi connectivity index (χ0n) is 17.6. The van der Waals surface area contributed by atoms with E-state index >= 15 is 0 Å². The Labute approximate surface area is 169 Å². The minimum atomic E-state index is -3.10. The molecule has 0 spiro atoms. The molecule has 28 heavy (non-hydrogen) atoms. The Morgan fingerprint density at radius 2 is 1.96 bits per heavy atom. The first-order valence-corrected chi connectivity index (χ1v) is 12.0. The van der Waals surface area contributed by atoms with Crippen molar-refractivity contribution in [3.8, 4) is 0 Å². The van der Waals surface area contributed by atoms with Crippen molar-refractivity contribution in [3.63, 3.8) is 0 Å². The van der Waals surface area contributed by atoms with Crippen LogP contribution >= 0.6 is 0 Å². The van der Waals surface area contributed by atoms with E-state index in [1.165, 1.54) is 0 Å². The van der Waals surface area contributed by atoms with Crippen molar-refractivity contribution in [2.75, 3.05) is 25.4 Å². The Balaban J connectivity index is 1.93. The molecule has 1 fully saturated rings. The van der Waals surface area contributed by atoms with Crippen LogP contribution in [0, 0.1) is 0 Å². The normalized spacial score (nSPS) is 17.2. The van der Waals surface area contributed by atoms with Crippen molar-refractivity contribution in [2.24, 2.45) is 4.99 Å². The van der Waals surface area contributed by atoms with Gasteiger partial charge in [0.25, 0.3) is 0 Å². The third-order valence-corrected chi connectivity index (χ3v) is 7.15. The zero-order valence-corrected chi connectivity index (χ0v) is 18.4. The van der Waals surface area contributed by atoms with E-state index in [0.29, 0.717) is 25.6 Å². The van der Waals surface area contributed by atoms with Crippen LogP contribution in [0.2, 0.25) is 0 Å². The number of aliphatic imine (C=N–C) groups is 1. The highest BCUT2D eigenvalue weighted by atomic mass is 32.2. The van der Waals surface area contributed by atoms with Crippen LogP contribution < -0.4 is 10.6 Å². The number of nitrogens with zero attached hydrogens (tertiary/aromatic N) is 3. The molecule has 1 aromatic rings. The summed E-state index contributed by atoms with van der Waals surface area (Å²) in [6.07, 6.45) is 3.63. The van der Waals surface area contributed by atoms with Gasteiger partial charge in [-0.05, 0) is 39.5 Å². The maximum absolute atomic E-state index is 12.0. The van der Waals surface area contributed by atoms with E-state index in [0.717, 1.165) is 49.6 Å². The van der Waals surface area contributed by atoms with E-state index < -0.39 is 10.0 Å². The maximum atomic E-state index is 12.0. The van der Waals surface area contributed by atoms with Gasteiger partial charge in [-0.3, -0.25) is 0 Å². The third-order valence-electron chi connectivity index (χ3n) is 5.27. The van der Waals surface area contributed by atoms with Gasteiger partial charge in [0.15, 0.2) is 11.7 Å². The lowest BCUT2D eigenvalue weighted by Gasteiger charge is -2.32. The van der Waals surface area contributed by atoms with Crippen LogP contribution in [0.15, 0.2) is 15.6 Å². The molecule has 0 unspecified atom stereocenters. The van der Waals surface area contributed by atoms with Crippen molar-refractivity contribution in [3.05, 3.63) is 17.5 Å². The molecule has 0 bridgehead atoms. The highest BCUT2D eigenvalue weighted by Gasteiger charge is 2.27. The molecule has 0 radical (unpaired) electrons. The molecule has 2 N–H and O–H groups in total. The molecule has 1 aliphatic rings. The second kappa shape index (κ2) is 10.8. The summed E-state index contributed by atoms with van der Waals surface area (Å²) in [5.74, 6) is 2.06. The number of guanidine groups is 1. The molecule has 2 heterocycles. The molecule has 9 heteroatoms. The van der Waals surface area contributed by atoms with Crippen LogP contribution in [0.4, 0.5) is 0 Å². The van der Waals surface area contributed by atoms with Crippen LogP contribution in [-0.4, -0.2) is 55.3 Å². The zero-order chi connectivity index (χ0) is 20.6. The van der Waals surface area contributed by atoms with Gasteiger partial charge in [0.05, 0.1) is 11.4 Å². The van der Waals surface area contributed by atoms with Gasteiger partial charge < -0.3 is 15.2 Å². The highest BCUT2D eigenvalue weighted by molar-refractivity contribution is 7.89. The smallest absolute Gasteiger partial charge is 0.213 e. The third kappa shape index (κ3) is 6.20.